The standard InChI is InChI=1S/C45H68O10/c1-29-19-31(21-33(37(29)48)41(3,4)5)15-13-17-50-35(46)23-43(9,10)39-52-25-45(26-53-39)27-54-40(55-28-45)44(11,12)24-36(47)51-18-14-16-32-20-30(2)38(49)34(22-32)42(6,7)8/h19-22,39-40,48-49H,13-18,23-28H2,1-12H3. The zero-order valence-corrected chi connectivity index (χ0v) is 35.6. The summed E-state index contributed by atoms with van der Waals surface area (Å²) in [4.78, 5) is 25.7. The van der Waals surface area contributed by atoms with Gasteiger partial charge in [-0.1, -0.05) is 93.5 Å². The van der Waals surface area contributed by atoms with Gasteiger partial charge in [0.15, 0.2) is 12.6 Å². The highest BCUT2D eigenvalue weighted by molar-refractivity contribution is 5.70. The minimum Gasteiger partial charge on any atom is -0.507 e. The lowest BCUT2D eigenvalue weighted by Gasteiger charge is -2.48. The average molecular weight is 769 g/mol. The fraction of sp³-hybridized carbons (Fsp3) is 0.689. The summed E-state index contributed by atoms with van der Waals surface area (Å²) in [7, 11) is 0. The molecule has 10 heteroatoms. The molecular weight excluding hydrogens is 700 g/mol. The molecule has 2 aromatic carbocycles. The highest BCUT2D eigenvalue weighted by Crippen LogP contribution is 2.41. The monoisotopic (exact) mass is 768 g/mol. The number of phenolic OH excluding ortho intramolecular Hbond substituents is 2. The Balaban J connectivity index is 1.15. The lowest BCUT2D eigenvalue weighted by Crippen LogP contribution is -2.56. The third kappa shape index (κ3) is 11.9. The molecule has 4 rings (SSSR count). The first-order valence-corrected chi connectivity index (χ1v) is 19.9. The van der Waals surface area contributed by atoms with Gasteiger partial charge in [-0.2, -0.15) is 0 Å². The molecule has 2 N–H and O–H groups in total. The summed E-state index contributed by atoms with van der Waals surface area (Å²) in [6.45, 7) is 26.1. The minimum absolute atomic E-state index is 0.144. The van der Waals surface area contributed by atoms with Crippen LogP contribution >= 0.6 is 0 Å². The minimum atomic E-state index is -0.617. The highest BCUT2D eigenvalue weighted by atomic mass is 16.7. The Labute approximate surface area is 329 Å². The summed E-state index contributed by atoms with van der Waals surface area (Å²) < 4.78 is 36.0. The number of phenols is 2. The number of ether oxygens (including phenoxy) is 6. The third-order valence-corrected chi connectivity index (χ3v) is 10.7. The Morgan fingerprint density at radius 1 is 0.618 bits per heavy atom. The summed E-state index contributed by atoms with van der Waals surface area (Å²) in [6.07, 6.45) is 1.94. The van der Waals surface area contributed by atoms with Gasteiger partial charge in [0, 0.05) is 10.8 Å². The fourth-order valence-corrected chi connectivity index (χ4v) is 7.34. The van der Waals surface area contributed by atoms with Crippen LogP contribution in [0.1, 0.15) is 128 Å². The number of rotatable bonds is 14. The Kier molecular flexibility index (Phi) is 14.2. The van der Waals surface area contributed by atoms with Gasteiger partial charge in [-0.15, -0.1) is 0 Å². The van der Waals surface area contributed by atoms with Crippen LogP contribution in [0.4, 0.5) is 0 Å². The highest BCUT2D eigenvalue weighted by Gasteiger charge is 2.48. The van der Waals surface area contributed by atoms with E-state index < -0.39 is 28.8 Å². The van der Waals surface area contributed by atoms with E-state index in [9.17, 15) is 19.8 Å². The maximum absolute atomic E-state index is 12.8. The zero-order valence-electron chi connectivity index (χ0n) is 35.6. The number of carbonyl (C=O) groups excluding carboxylic acids is 2. The molecule has 2 aliphatic heterocycles. The van der Waals surface area contributed by atoms with E-state index in [1.807, 2.05) is 65.8 Å². The summed E-state index contributed by atoms with van der Waals surface area (Å²) >= 11 is 0. The summed E-state index contributed by atoms with van der Waals surface area (Å²) in [6, 6.07) is 8.08. The molecule has 0 bridgehead atoms. The fourth-order valence-electron chi connectivity index (χ4n) is 7.34. The maximum atomic E-state index is 12.8. The van der Waals surface area contributed by atoms with Crippen molar-refractivity contribution in [2.24, 2.45) is 16.2 Å². The lowest BCUT2D eigenvalue weighted by atomic mass is 9.83. The Morgan fingerprint density at radius 3 is 1.25 bits per heavy atom. The van der Waals surface area contributed by atoms with E-state index in [0.717, 1.165) is 46.2 Å². The van der Waals surface area contributed by atoms with Crippen LogP contribution in [0, 0.1) is 30.1 Å². The predicted molar refractivity (Wildman–Crippen MR) is 212 cm³/mol. The number of aromatic hydroxyl groups is 2. The Morgan fingerprint density at radius 2 is 0.945 bits per heavy atom. The normalized spacial score (nSPS) is 21.1. The molecule has 0 amide bonds. The number of esters is 2. The van der Waals surface area contributed by atoms with Crippen LogP contribution in [0.15, 0.2) is 24.3 Å². The second-order valence-corrected chi connectivity index (χ2v) is 19.5. The van der Waals surface area contributed by atoms with Gasteiger partial charge in [-0.3, -0.25) is 9.59 Å². The number of aryl methyl sites for hydroxylation is 4. The molecule has 0 atom stereocenters. The molecule has 55 heavy (non-hydrogen) atoms. The second-order valence-electron chi connectivity index (χ2n) is 19.5. The first-order valence-electron chi connectivity index (χ1n) is 19.9. The van der Waals surface area contributed by atoms with Crippen molar-refractivity contribution in [1.29, 1.82) is 0 Å². The summed E-state index contributed by atoms with van der Waals surface area (Å²) in [5, 5.41) is 21.0. The molecule has 2 heterocycles. The number of hydrogen-bond donors (Lipinski definition) is 2. The molecule has 0 saturated carbocycles. The molecular formula is C45H68O10. The van der Waals surface area contributed by atoms with Crippen molar-refractivity contribution in [1.82, 2.24) is 0 Å². The van der Waals surface area contributed by atoms with Crippen molar-refractivity contribution in [2.75, 3.05) is 39.6 Å². The first kappa shape index (κ1) is 44.5. The zero-order chi connectivity index (χ0) is 41.0. The molecule has 0 radical (unpaired) electrons. The molecule has 2 aromatic rings. The van der Waals surface area contributed by atoms with E-state index in [1.54, 1.807) is 0 Å². The van der Waals surface area contributed by atoms with E-state index >= 15 is 0 Å². The Hall–Kier alpha value is -3.18. The molecule has 0 unspecified atom stereocenters. The van der Waals surface area contributed by atoms with Crippen molar-refractivity contribution in [3.63, 3.8) is 0 Å². The lowest BCUT2D eigenvalue weighted by molar-refractivity contribution is -0.334. The van der Waals surface area contributed by atoms with Crippen molar-refractivity contribution in [3.05, 3.63) is 57.6 Å². The second kappa shape index (κ2) is 17.5. The van der Waals surface area contributed by atoms with Gasteiger partial charge >= 0.3 is 11.9 Å². The van der Waals surface area contributed by atoms with Gasteiger partial charge in [-0.25, -0.2) is 0 Å². The van der Waals surface area contributed by atoms with E-state index in [1.165, 1.54) is 0 Å². The summed E-state index contributed by atoms with van der Waals surface area (Å²) in [5.74, 6) is 0.0823. The molecule has 308 valence electrons. The van der Waals surface area contributed by atoms with Crippen molar-refractivity contribution in [3.8, 4) is 11.5 Å². The van der Waals surface area contributed by atoms with Crippen LogP contribution in [-0.4, -0.2) is 74.4 Å². The Bertz CT molecular complexity index is 1500. The quantitative estimate of drug-likeness (QED) is 0.143. The molecule has 0 aliphatic carbocycles. The van der Waals surface area contributed by atoms with Crippen LogP contribution in [0.2, 0.25) is 0 Å². The van der Waals surface area contributed by atoms with Gasteiger partial charge in [0.1, 0.15) is 11.5 Å². The van der Waals surface area contributed by atoms with E-state index in [-0.39, 0.29) is 35.6 Å². The molecule has 10 nitrogen and oxygen atoms in total. The van der Waals surface area contributed by atoms with Gasteiger partial charge < -0.3 is 38.6 Å². The number of benzene rings is 2. The predicted octanol–water partition coefficient (Wildman–Crippen LogP) is 8.53. The SMILES string of the molecule is Cc1cc(CCCOC(=O)CC(C)(C)C2OCC3(CO2)COC(C(C)(C)CC(=O)OCCCc2cc(C)c(O)c(C(C)(C)C)c2)OC3)cc(C(C)(C)C)c1O. The molecule has 1 spiro atoms. The van der Waals surface area contributed by atoms with E-state index in [4.69, 9.17) is 28.4 Å². The largest absolute Gasteiger partial charge is 0.507 e. The number of carbonyl (C=O) groups is 2. The van der Waals surface area contributed by atoms with Crippen molar-refractivity contribution >= 4 is 11.9 Å². The molecule has 2 saturated heterocycles. The average Bonchev–Trinajstić information content (AvgIpc) is 3.07. The smallest absolute Gasteiger partial charge is 0.306 e. The van der Waals surface area contributed by atoms with Gasteiger partial charge in [-0.05, 0) is 83.7 Å². The molecule has 2 fully saturated rings. The van der Waals surface area contributed by atoms with Gasteiger partial charge in [0.05, 0.1) is 57.9 Å². The number of hydrogen-bond acceptors (Lipinski definition) is 10. The van der Waals surface area contributed by atoms with Crippen LogP contribution in [-0.2, 0) is 61.7 Å². The van der Waals surface area contributed by atoms with Crippen molar-refractivity contribution < 1.29 is 48.2 Å². The summed E-state index contributed by atoms with van der Waals surface area (Å²) in [5.41, 5.74) is 3.70. The molecule has 0 aromatic heterocycles. The van der Waals surface area contributed by atoms with Crippen LogP contribution in [0.25, 0.3) is 0 Å². The maximum Gasteiger partial charge on any atom is 0.306 e. The van der Waals surface area contributed by atoms with E-state index in [2.05, 4.69) is 41.5 Å². The van der Waals surface area contributed by atoms with Crippen LogP contribution < -0.4 is 0 Å². The topological polar surface area (TPSA) is 130 Å². The third-order valence-electron chi connectivity index (χ3n) is 10.7. The van der Waals surface area contributed by atoms with Crippen LogP contribution in [0.5, 0.6) is 11.5 Å². The molecule has 2 aliphatic rings. The van der Waals surface area contributed by atoms with Crippen molar-refractivity contribution in [2.45, 2.75) is 145 Å². The van der Waals surface area contributed by atoms with Gasteiger partial charge in [0.2, 0.25) is 0 Å². The van der Waals surface area contributed by atoms with E-state index in [0.29, 0.717) is 64.0 Å². The van der Waals surface area contributed by atoms with Crippen LogP contribution in [0.3, 0.4) is 0 Å². The first-order chi connectivity index (χ1) is 25.4. The van der Waals surface area contributed by atoms with Gasteiger partial charge in [0.25, 0.3) is 0 Å².